The summed E-state index contributed by atoms with van der Waals surface area (Å²) in [5, 5.41) is 6.46. The Hall–Kier alpha value is -0.570. The topological polar surface area (TPSA) is 41.1 Å². The van der Waals surface area contributed by atoms with E-state index in [9.17, 15) is 4.79 Å². The van der Waals surface area contributed by atoms with Crippen LogP contribution in [0.4, 0.5) is 0 Å². The molecule has 2 rings (SSSR count). The fourth-order valence-corrected chi connectivity index (χ4v) is 3.46. The minimum atomic E-state index is 0.234. The van der Waals surface area contributed by atoms with Gasteiger partial charge in [-0.15, -0.1) is 0 Å². The number of nitrogens with one attached hydrogen (secondary N) is 2. The number of rotatable bonds is 5. The quantitative estimate of drug-likeness (QED) is 0.789. The van der Waals surface area contributed by atoms with Crippen molar-refractivity contribution in [1.82, 2.24) is 10.6 Å². The lowest BCUT2D eigenvalue weighted by Crippen LogP contribution is -2.33. The van der Waals surface area contributed by atoms with Crippen molar-refractivity contribution in [1.29, 1.82) is 0 Å². The van der Waals surface area contributed by atoms with E-state index in [-0.39, 0.29) is 5.91 Å². The molecule has 1 amide bonds. The standard InChI is InChI=1S/C15H28N2O/c1-12-4-2-5-13(10-12)7-9-17-15(18)11-14-6-3-8-16-14/h12-14,16H,2-11H2,1H3,(H,17,18). The highest BCUT2D eigenvalue weighted by atomic mass is 16.1. The Morgan fingerprint density at radius 2 is 2.17 bits per heavy atom. The zero-order valence-corrected chi connectivity index (χ0v) is 11.7. The molecule has 1 aliphatic heterocycles. The van der Waals surface area contributed by atoms with Crippen LogP contribution in [0.15, 0.2) is 0 Å². The molecule has 0 aromatic carbocycles. The summed E-state index contributed by atoms with van der Waals surface area (Å²) in [5.41, 5.74) is 0. The zero-order valence-electron chi connectivity index (χ0n) is 11.7. The molecule has 0 radical (unpaired) electrons. The van der Waals surface area contributed by atoms with Crippen molar-refractivity contribution in [2.45, 2.75) is 64.3 Å². The number of carbonyl (C=O) groups is 1. The summed E-state index contributed by atoms with van der Waals surface area (Å²) in [4.78, 5) is 11.8. The molecule has 2 N–H and O–H groups in total. The lowest BCUT2D eigenvalue weighted by atomic mass is 9.81. The van der Waals surface area contributed by atoms with Crippen molar-refractivity contribution < 1.29 is 4.79 Å². The van der Waals surface area contributed by atoms with Gasteiger partial charge in [0.2, 0.25) is 5.91 Å². The first kappa shape index (κ1) is 13.9. The molecule has 0 bridgehead atoms. The van der Waals surface area contributed by atoms with Crippen LogP contribution in [-0.4, -0.2) is 25.0 Å². The lowest BCUT2D eigenvalue weighted by molar-refractivity contribution is -0.121. The minimum absolute atomic E-state index is 0.234. The van der Waals surface area contributed by atoms with E-state index in [1.54, 1.807) is 0 Å². The highest BCUT2D eigenvalue weighted by molar-refractivity contribution is 5.76. The van der Waals surface area contributed by atoms with Gasteiger partial charge in [-0.05, 0) is 44.1 Å². The molecule has 1 saturated carbocycles. The van der Waals surface area contributed by atoms with Gasteiger partial charge in [-0.2, -0.15) is 0 Å². The number of carbonyl (C=O) groups excluding carboxylic acids is 1. The van der Waals surface area contributed by atoms with Crippen molar-refractivity contribution >= 4 is 5.91 Å². The van der Waals surface area contributed by atoms with Crippen molar-refractivity contribution in [2.24, 2.45) is 11.8 Å². The van der Waals surface area contributed by atoms with Crippen LogP contribution in [0.5, 0.6) is 0 Å². The van der Waals surface area contributed by atoms with Crippen LogP contribution in [0.1, 0.15) is 58.3 Å². The largest absolute Gasteiger partial charge is 0.356 e. The molecule has 0 aromatic heterocycles. The molecule has 3 nitrogen and oxygen atoms in total. The molecular weight excluding hydrogens is 224 g/mol. The first-order valence-electron chi connectivity index (χ1n) is 7.74. The molecule has 1 saturated heterocycles. The smallest absolute Gasteiger partial charge is 0.221 e. The molecule has 2 fully saturated rings. The van der Waals surface area contributed by atoms with E-state index in [1.165, 1.54) is 38.5 Å². The Bertz CT molecular complexity index is 261. The minimum Gasteiger partial charge on any atom is -0.356 e. The van der Waals surface area contributed by atoms with Crippen molar-refractivity contribution in [3.63, 3.8) is 0 Å². The molecule has 0 spiro atoms. The van der Waals surface area contributed by atoms with Gasteiger partial charge in [-0.3, -0.25) is 4.79 Å². The summed E-state index contributed by atoms with van der Waals surface area (Å²) < 4.78 is 0. The van der Waals surface area contributed by atoms with Crippen molar-refractivity contribution in [3.05, 3.63) is 0 Å². The van der Waals surface area contributed by atoms with Gasteiger partial charge in [0.1, 0.15) is 0 Å². The van der Waals surface area contributed by atoms with Gasteiger partial charge in [0.25, 0.3) is 0 Å². The normalized spacial score (nSPS) is 32.4. The van der Waals surface area contributed by atoms with Crippen LogP contribution in [0.25, 0.3) is 0 Å². The van der Waals surface area contributed by atoms with Crippen molar-refractivity contribution in [2.75, 3.05) is 13.1 Å². The molecule has 3 heteroatoms. The van der Waals surface area contributed by atoms with Crippen molar-refractivity contribution in [3.8, 4) is 0 Å². The SMILES string of the molecule is CC1CCCC(CCNC(=O)CC2CCCN2)C1. The van der Waals surface area contributed by atoms with Crippen LogP contribution in [0.3, 0.4) is 0 Å². The maximum absolute atomic E-state index is 11.8. The van der Waals surface area contributed by atoms with Crippen LogP contribution in [-0.2, 0) is 4.79 Å². The lowest BCUT2D eigenvalue weighted by Gasteiger charge is -2.26. The zero-order chi connectivity index (χ0) is 12.8. The van der Waals surface area contributed by atoms with E-state index in [2.05, 4.69) is 17.6 Å². The van der Waals surface area contributed by atoms with Crippen LogP contribution in [0.2, 0.25) is 0 Å². The predicted molar refractivity (Wildman–Crippen MR) is 74.4 cm³/mol. The summed E-state index contributed by atoms with van der Waals surface area (Å²) in [5.74, 6) is 1.97. The highest BCUT2D eigenvalue weighted by Gasteiger charge is 2.20. The Morgan fingerprint density at radius 1 is 1.28 bits per heavy atom. The van der Waals surface area contributed by atoms with Crippen LogP contribution in [0, 0.1) is 11.8 Å². The number of amides is 1. The third kappa shape index (κ3) is 4.60. The number of hydrogen-bond donors (Lipinski definition) is 2. The Kier molecular flexibility index (Phi) is 5.48. The molecular formula is C15H28N2O. The summed E-state index contributed by atoms with van der Waals surface area (Å²) in [6, 6.07) is 0.430. The van der Waals surface area contributed by atoms with E-state index in [0.717, 1.165) is 31.3 Å². The van der Waals surface area contributed by atoms with E-state index < -0.39 is 0 Å². The van der Waals surface area contributed by atoms with Crippen LogP contribution < -0.4 is 10.6 Å². The second kappa shape index (κ2) is 7.13. The maximum Gasteiger partial charge on any atom is 0.221 e. The predicted octanol–water partition coefficient (Wildman–Crippen LogP) is 2.46. The highest BCUT2D eigenvalue weighted by Crippen LogP contribution is 2.30. The van der Waals surface area contributed by atoms with Crippen LogP contribution >= 0.6 is 0 Å². The molecule has 1 heterocycles. The van der Waals surface area contributed by atoms with E-state index in [1.807, 2.05) is 0 Å². The van der Waals surface area contributed by atoms with Gasteiger partial charge in [0.15, 0.2) is 0 Å². The Balaban J connectivity index is 1.55. The second-order valence-corrected chi connectivity index (χ2v) is 6.27. The first-order chi connectivity index (χ1) is 8.74. The number of hydrogen-bond acceptors (Lipinski definition) is 2. The Labute approximate surface area is 111 Å². The van der Waals surface area contributed by atoms with Gasteiger partial charge >= 0.3 is 0 Å². The molecule has 3 atom stereocenters. The third-order valence-electron chi connectivity index (χ3n) is 4.51. The molecule has 104 valence electrons. The summed E-state index contributed by atoms with van der Waals surface area (Å²) >= 11 is 0. The summed E-state index contributed by atoms with van der Waals surface area (Å²) in [7, 11) is 0. The Morgan fingerprint density at radius 3 is 2.89 bits per heavy atom. The monoisotopic (exact) mass is 252 g/mol. The van der Waals surface area contributed by atoms with E-state index in [4.69, 9.17) is 0 Å². The average Bonchev–Trinajstić information content (AvgIpc) is 2.82. The summed E-state index contributed by atoms with van der Waals surface area (Å²) in [6.07, 6.45) is 9.73. The van der Waals surface area contributed by atoms with Gasteiger partial charge in [0, 0.05) is 19.0 Å². The fourth-order valence-electron chi connectivity index (χ4n) is 3.46. The molecule has 18 heavy (non-hydrogen) atoms. The first-order valence-corrected chi connectivity index (χ1v) is 7.74. The average molecular weight is 252 g/mol. The third-order valence-corrected chi connectivity index (χ3v) is 4.51. The molecule has 0 aromatic rings. The van der Waals surface area contributed by atoms with Gasteiger partial charge in [0.05, 0.1) is 0 Å². The second-order valence-electron chi connectivity index (χ2n) is 6.27. The van der Waals surface area contributed by atoms with Gasteiger partial charge < -0.3 is 10.6 Å². The van der Waals surface area contributed by atoms with Gasteiger partial charge in [-0.1, -0.05) is 26.2 Å². The molecule has 3 unspecified atom stereocenters. The summed E-state index contributed by atoms with van der Waals surface area (Å²) in [6.45, 7) is 4.32. The fraction of sp³-hybridized carbons (Fsp3) is 0.933. The molecule has 1 aliphatic carbocycles. The van der Waals surface area contributed by atoms with E-state index in [0.29, 0.717) is 12.5 Å². The van der Waals surface area contributed by atoms with E-state index >= 15 is 0 Å². The van der Waals surface area contributed by atoms with Gasteiger partial charge in [-0.25, -0.2) is 0 Å². The maximum atomic E-state index is 11.8. The molecule has 2 aliphatic rings.